The molecule has 2 aromatic rings. The summed E-state index contributed by atoms with van der Waals surface area (Å²) >= 11 is 0. The number of rotatable bonds is 4. The van der Waals surface area contributed by atoms with E-state index in [2.05, 4.69) is 5.32 Å². The average molecular weight is 258 g/mol. The fraction of sp³-hybridized carbons (Fsp3) is 0.267. The van der Waals surface area contributed by atoms with Crippen molar-refractivity contribution in [3.05, 3.63) is 53.5 Å². The first-order chi connectivity index (χ1) is 9.08. The van der Waals surface area contributed by atoms with Crippen molar-refractivity contribution < 1.29 is 9.21 Å². The highest BCUT2D eigenvalue weighted by Crippen LogP contribution is 2.13. The second kappa shape index (κ2) is 5.61. The van der Waals surface area contributed by atoms with Crippen LogP contribution in [0.25, 0.3) is 0 Å². The molecule has 0 saturated carbocycles. The van der Waals surface area contributed by atoms with E-state index in [9.17, 15) is 4.79 Å². The average Bonchev–Trinajstić information content (AvgIpc) is 2.83. The molecule has 4 heteroatoms. The zero-order chi connectivity index (χ0) is 13.8. The molecule has 1 heterocycles. The molecule has 1 aromatic heterocycles. The lowest BCUT2D eigenvalue weighted by atomic mass is 10.2. The summed E-state index contributed by atoms with van der Waals surface area (Å²) in [7, 11) is 3.99. The zero-order valence-corrected chi connectivity index (χ0v) is 11.4. The third-order valence-electron chi connectivity index (χ3n) is 2.97. The third kappa shape index (κ3) is 3.16. The molecule has 19 heavy (non-hydrogen) atoms. The summed E-state index contributed by atoms with van der Waals surface area (Å²) in [5.74, 6) is 0.198. The Kier molecular flexibility index (Phi) is 3.90. The van der Waals surface area contributed by atoms with Crippen LogP contribution in [0.4, 0.5) is 5.69 Å². The minimum Gasteiger partial charge on any atom is -0.459 e. The maximum atomic E-state index is 11.9. The molecule has 0 aliphatic heterocycles. The van der Waals surface area contributed by atoms with Crippen LogP contribution in [0.3, 0.4) is 0 Å². The van der Waals surface area contributed by atoms with Crippen LogP contribution in [-0.4, -0.2) is 20.0 Å². The van der Waals surface area contributed by atoms with E-state index in [1.807, 2.05) is 50.2 Å². The summed E-state index contributed by atoms with van der Waals surface area (Å²) in [6.07, 6.45) is 1.52. The molecule has 0 radical (unpaired) electrons. The molecule has 100 valence electrons. The normalized spacial score (nSPS) is 10.3. The molecule has 1 N–H and O–H groups in total. The van der Waals surface area contributed by atoms with Gasteiger partial charge < -0.3 is 14.6 Å². The van der Waals surface area contributed by atoms with E-state index >= 15 is 0 Å². The Hall–Kier alpha value is -2.23. The van der Waals surface area contributed by atoms with Gasteiger partial charge in [0.1, 0.15) is 0 Å². The number of nitrogens with zero attached hydrogens (tertiary/aromatic N) is 1. The first-order valence-corrected chi connectivity index (χ1v) is 6.16. The van der Waals surface area contributed by atoms with Gasteiger partial charge in [0.25, 0.3) is 5.91 Å². The summed E-state index contributed by atoms with van der Waals surface area (Å²) in [4.78, 5) is 13.9. The van der Waals surface area contributed by atoms with Crippen LogP contribution in [0.15, 0.2) is 41.0 Å². The molecule has 0 atom stereocenters. The molecule has 4 nitrogen and oxygen atoms in total. The van der Waals surface area contributed by atoms with Gasteiger partial charge in [-0.1, -0.05) is 12.1 Å². The van der Waals surface area contributed by atoms with Gasteiger partial charge in [0.2, 0.25) is 0 Å². The summed E-state index contributed by atoms with van der Waals surface area (Å²) in [6.45, 7) is 2.34. The van der Waals surface area contributed by atoms with Crippen molar-refractivity contribution >= 4 is 11.6 Å². The first-order valence-electron chi connectivity index (χ1n) is 6.16. The van der Waals surface area contributed by atoms with Crippen molar-refractivity contribution in [3.8, 4) is 0 Å². The first kappa shape index (κ1) is 13.2. The van der Waals surface area contributed by atoms with Gasteiger partial charge in [-0.15, -0.1) is 0 Å². The predicted octanol–water partition coefficient (Wildman–Crippen LogP) is 2.58. The Morgan fingerprint density at radius 1 is 1.21 bits per heavy atom. The van der Waals surface area contributed by atoms with Crippen LogP contribution < -0.4 is 10.2 Å². The molecule has 0 aliphatic rings. The van der Waals surface area contributed by atoms with Gasteiger partial charge in [-0.3, -0.25) is 4.79 Å². The Bertz CT molecular complexity index is 556. The number of carbonyl (C=O) groups is 1. The fourth-order valence-electron chi connectivity index (χ4n) is 1.78. The van der Waals surface area contributed by atoms with Crippen LogP contribution in [0.5, 0.6) is 0 Å². The van der Waals surface area contributed by atoms with Crippen LogP contribution in [0.1, 0.15) is 21.7 Å². The molecule has 1 amide bonds. The van der Waals surface area contributed by atoms with E-state index in [1.165, 1.54) is 6.26 Å². The Morgan fingerprint density at radius 2 is 1.89 bits per heavy atom. The van der Waals surface area contributed by atoms with Gasteiger partial charge in [-0.05, 0) is 30.7 Å². The molecule has 2 rings (SSSR count). The third-order valence-corrected chi connectivity index (χ3v) is 2.97. The van der Waals surface area contributed by atoms with Gasteiger partial charge in [0, 0.05) is 31.9 Å². The largest absolute Gasteiger partial charge is 0.459 e. The Labute approximate surface area is 113 Å². The lowest BCUT2D eigenvalue weighted by Gasteiger charge is -2.12. The summed E-state index contributed by atoms with van der Waals surface area (Å²) in [5, 5.41) is 2.84. The topological polar surface area (TPSA) is 45.5 Å². The van der Waals surface area contributed by atoms with E-state index in [-0.39, 0.29) is 5.91 Å². The van der Waals surface area contributed by atoms with E-state index in [0.717, 1.165) is 16.8 Å². The number of carbonyl (C=O) groups excluding carboxylic acids is 1. The van der Waals surface area contributed by atoms with Gasteiger partial charge in [-0.25, -0.2) is 0 Å². The van der Waals surface area contributed by atoms with Crippen molar-refractivity contribution in [2.45, 2.75) is 13.5 Å². The number of hydrogen-bond donors (Lipinski definition) is 1. The number of hydrogen-bond acceptors (Lipinski definition) is 3. The highest BCUT2D eigenvalue weighted by Gasteiger charge is 2.11. The summed E-state index contributed by atoms with van der Waals surface area (Å²) < 4.78 is 5.15. The highest BCUT2D eigenvalue weighted by molar-refractivity contribution is 5.92. The van der Waals surface area contributed by atoms with Crippen LogP contribution in [0, 0.1) is 6.92 Å². The highest BCUT2D eigenvalue weighted by atomic mass is 16.3. The maximum absolute atomic E-state index is 11.9. The number of benzene rings is 1. The number of aryl methyl sites for hydroxylation is 1. The number of amides is 1. The Morgan fingerprint density at radius 3 is 2.42 bits per heavy atom. The van der Waals surface area contributed by atoms with Crippen molar-refractivity contribution in [1.29, 1.82) is 0 Å². The Balaban J connectivity index is 1.95. The van der Waals surface area contributed by atoms with E-state index in [0.29, 0.717) is 12.3 Å². The molecule has 0 fully saturated rings. The molecule has 0 saturated heterocycles. The minimum atomic E-state index is -0.181. The standard InChI is InChI=1S/C15H18N2O2/c1-11-8-9-19-14(11)15(18)16-10-12-4-6-13(7-5-12)17(2)3/h4-9H,10H2,1-3H3,(H,16,18). The van der Waals surface area contributed by atoms with Gasteiger partial charge in [0.05, 0.1) is 6.26 Å². The second-order valence-electron chi connectivity index (χ2n) is 4.68. The van der Waals surface area contributed by atoms with Gasteiger partial charge in [0.15, 0.2) is 5.76 Å². The molecule has 0 unspecified atom stereocenters. The fourth-order valence-corrected chi connectivity index (χ4v) is 1.78. The quantitative estimate of drug-likeness (QED) is 0.916. The molecular formula is C15H18N2O2. The van der Waals surface area contributed by atoms with Crippen LogP contribution >= 0.6 is 0 Å². The van der Waals surface area contributed by atoms with Crippen LogP contribution in [-0.2, 0) is 6.54 Å². The maximum Gasteiger partial charge on any atom is 0.287 e. The number of anilines is 1. The van der Waals surface area contributed by atoms with Crippen molar-refractivity contribution in [1.82, 2.24) is 5.32 Å². The molecule has 0 aliphatic carbocycles. The van der Waals surface area contributed by atoms with Crippen LogP contribution in [0.2, 0.25) is 0 Å². The lowest BCUT2D eigenvalue weighted by molar-refractivity contribution is 0.0922. The molecular weight excluding hydrogens is 240 g/mol. The van der Waals surface area contributed by atoms with Crippen molar-refractivity contribution in [3.63, 3.8) is 0 Å². The monoisotopic (exact) mass is 258 g/mol. The lowest BCUT2D eigenvalue weighted by Crippen LogP contribution is -2.23. The number of furan rings is 1. The minimum absolute atomic E-state index is 0.181. The van der Waals surface area contributed by atoms with Gasteiger partial charge in [-0.2, -0.15) is 0 Å². The zero-order valence-electron chi connectivity index (χ0n) is 11.4. The summed E-state index contributed by atoms with van der Waals surface area (Å²) in [5.41, 5.74) is 3.04. The summed E-state index contributed by atoms with van der Waals surface area (Å²) in [6, 6.07) is 9.84. The van der Waals surface area contributed by atoms with Crippen molar-refractivity contribution in [2.24, 2.45) is 0 Å². The molecule has 0 bridgehead atoms. The van der Waals surface area contributed by atoms with Crippen molar-refractivity contribution in [2.75, 3.05) is 19.0 Å². The molecule has 1 aromatic carbocycles. The van der Waals surface area contributed by atoms with E-state index in [1.54, 1.807) is 6.07 Å². The predicted molar refractivity (Wildman–Crippen MR) is 75.4 cm³/mol. The molecule has 0 spiro atoms. The smallest absolute Gasteiger partial charge is 0.287 e. The van der Waals surface area contributed by atoms with E-state index < -0.39 is 0 Å². The number of nitrogens with one attached hydrogen (secondary N) is 1. The SMILES string of the molecule is Cc1ccoc1C(=O)NCc1ccc(N(C)C)cc1. The van der Waals surface area contributed by atoms with E-state index in [4.69, 9.17) is 4.42 Å². The van der Waals surface area contributed by atoms with Gasteiger partial charge >= 0.3 is 0 Å². The second-order valence-corrected chi connectivity index (χ2v) is 4.68.